The number of benzene rings is 9. The molecule has 0 spiro atoms. The first kappa shape index (κ1) is 34.8. The standard InChI is InChI=1S/C57H40N2/c1-57(2)52-32-29-43(34-50(52)51-33-41-19-9-10-20-42(41)35-53(51)57)37-25-27-39(28-26-37)45-30-31-49(47-23-13-12-22-46(45)47)55-36-54(58-56(59-55)40-17-7-4-8-18-40)48-24-14-11-21-44(48)38-15-5-3-6-16-38/h3-36H,1-2H3. The fraction of sp³-hybridized carbons (Fsp3) is 0.0526. The van der Waals surface area contributed by atoms with Crippen LogP contribution in [0.2, 0.25) is 0 Å². The molecule has 0 radical (unpaired) electrons. The molecule has 0 bridgehead atoms. The summed E-state index contributed by atoms with van der Waals surface area (Å²) in [6.07, 6.45) is 0. The number of hydrogen-bond acceptors (Lipinski definition) is 2. The van der Waals surface area contributed by atoms with Crippen molar-refractivity contribution in [2.24, 2.45) is 0 Å². The van der Waals surface area contributed by atoms with Crippen molar-refractivity contribution >= 4 is 21.5 Å². The molecule has 0 unspecified atom stereocenters. The first-order valence-electron chi connectivity index (χ1n) is 20.4. The second-order valence-corrected chi connectivity index (χ2v) is 16.2. The zero-order chi connectivity index (χ0) is 39.5. The molecule has 2 heteroatoms. The molecule has 1 aliphatic carbocycles. The average Bonchev–Trinajstić information content (AvgIpc) is 3.52. The second kappa shape index (κ2) is 13.9. The van der Waals surface area contributed by atoms with E-state index in [0.29, 0.717) is 5.82 Å². The first-order chi connectivity index (χ1) is 29.0. The lowest BCUT2D eigenvalue weighted by Gasteiger charge is -2.22. The summed E-state index contributed by atoms with van der Waals surface area (Å²) in [5.41, 5.74) is 17.5. The van der Waals surface area contributed by atoms with Gasteiger partial charge in [0, 0.05) is 22.1 Å². The van der Waals surface area contributed by atoms with Crippen LogP contribution < -0.4 is 0 Å². The van der Waals surface area contributed by atoms with E-state index in [0.717, 1.165) is 44.6 Å². The van der Waals surface area contributed by atoms with Crippen LogP contribution in [0.5, 0.6) is 0 Å². The monoisotopic (exact) mass is 752 g/mol. The third-order valence-corrected chi connectivity index (χ3v) is 12.3. The SMILES string of the molecule is CC1(C)c2ccc(-c3ccc(-c4ccc(-c5cc(-c6ccccc6-c6ccccc6)nc(-c6ccccc6)n5)c5ccccc45)cc3)cc2-c2cc3ccccc3cc21. The van der Waals surface area contributed by atoms with E-state index in [1.54, 1.807) is 0 Å². The highest BCUT2D eigenvalue weighted by Crippen LogP contribution is 2.51. The lowest BCUT2D eigenvalue weighted by atomic mass is 9.81. The molecule has 1 aromatic heterocycles. The van der Waals surface area contributed by atoms with Gasteiger partial charge >= 0.3 is 0 Å². The van der Waals surface area contributed by atoms with Gasteiger partial charge < -0.3 is 0 Å². The molecule has 9 aromatic carbocycles. The van der Waals surface area contributed by atoms with Gasteiger partial charge in [-0.25, -0.2) is 9.97 Å². The van der Waals surface area contributed by atoms with Crippen molar-refractivity contribution in [1.82, 2.24) is 9.97 Å². The van der Waals surface area contributed by atoms with E-state index < -0.39 is 0 Å². The maximum Gasteiger partial charge on any atom is 0.160 e. The van der Waals surface area contributed by atoms with Crippen LogP contribution in [0.25, 0.3) is 100.0 Å². The highest BCUT2D eigenvalue weighted by Gasteiger charge is 2.35. The van der Waals surface area contributed by atoms with Gasteiger partial charge in [-0.3, -0.25) is 0 Å². The Morgan fingerprint density at radius 1 is 0.305 bits per heavy atom. The minimum Gasteiger partial charge on any atom is -0.228 e. The van der Waals surface area contributed by atoms with E-state index in [2.05, 4.69) is 202 Å². The number of fused-ring (bicyclic) bond motifs is 5. The maximum absolute atomic E-state index is 5.25. The quantitative estimate of drug-likeness (QED) is 0.169. The van der Waals surface area contributed by atoms with Crippen molar-refractivity contribution in [1.29, 1.82) is 0 Å². The Hall–Kier alpha value is -7.42. The molecule has 11 rings (SSSR count). The highest BCUT2D eigenvalue weighted by atomic mass is 14.9. The predicted molar refractivity (Wildman–Crippen MR) is 247 cm³/mol. The molecule has 10 aromatic rings. The third kappa shape index (κ3) is 5.96. The zero-order valence-electron chi connectivity index (χ0n) is 33.0. The van der Waals surface area contributed by atoms with Gasteiger partial charge in [0.25, 0.3) is 0 Å². The van der Waals surface area contributed by atoms with Gasteiger partial charge in [-0.2, -0.15) is 0 Å². The number of rotatable bonds is 6. The van der Waals surface area contributed by atoms with Crippen molar-refractivity contribution in [2.75, 3.05) is 0 Å². The van der Waals surface area contributed by atoms with Crippen LogP contribution >= 0.6 is 0 Å². The van der Waals surface area contributed by atoms with Crippen LogP contribution in [0.1, 0.15) is 25.0 Å². The van der Waals surface area contributed by atoms with E-state index in [1.165, 1.54) is 60.7 Å². The van der Waals surface area contributed by atoms with Gasteiger partial charge in [0.1, 0.15) is 0 Å². The smallest absolute Gasteiger partial charge is 0.160 e. The molecule has 0 amide bonds. The summed E-state index contributed by atoms with van der Waals surface area (Å²) in [6.45, 7) is 4.71. The van der Waals surface area contributed by atoms with E-state index in [9.17, 15) is 0 Å². The zero-order valence-corrected chi connectivity index (χ0v) is 33.0. The largest absolute Gasteiger partial charge is 0.228 e. The van der Waals surface area contributed by atoms with Crippen molar-refractivity contribution < 1.29 is 0 Å². The molecular formula is C57H40N2. The minimum absolute atomic E-state index is 0.0482. The van der Waals surface area contributed by atoms with E-state index in [1.807, 2.05) is 18.2 Å². The van der Waals surface area contributed by atoms with Crippen LogP contribution in [-0.4, -0.2) is 9.97 Å². The summed E-state index contributed by atoms with van der Waals surface area (Å²) in [5, 5.41) is 4.92. The molecule has 1 aliphatic rings. The molecular weight excluding hydrogens is 713 g/mol. The molecule has 0 N–H and O–H groups in total. The minimum atomic E-state index is -0.0482. The Morgan fingerprint density at radius 2 is 0.814 bits per heavy atom. The fourth-order valence-corrected chi connectivity index (χ4v) is 9.25. The van der Waals surface area contributed by atoms with E-state index in [4.69, 9.17) is 9.97 Å². The predicted octanol–water partition coefficient (Wildman–Crippen LogP) is 15.1. The van der Waals surface area contributed by atoms with Crippen molar-refractivity contribution in [3.05, 3.63) is 217 Å². The van der Waals surface area contributed by atoms with Gasteiger partial charge in [-0.1, -0.05) is 196 Å². The van der Waals surface area contributed by atoms with Gasteiger partial charge in [0.15, 0.2) is 5.82 Å². The topological polar surface area (TPSA) is 25.8 Å². The van der Waals surface area contributed by atoms with Crippen LogP contribution in [0.3, 0.4) is 0 Å². The van der Waals surface area contributed by atoms with Crippen LogP contribution in [0, 0.1) is 0 Å². The van der Waals surface area contributed by atoms with E-state index >= 15 is 0 Å². The number of hydrogen-bond donors (Lipinski definition) is 0. The van der Waals surface area contributed by atoms with Crippen LogP contribution in [0.15, 0.2) is 206 Å². The lowest BCUT2D eigenvalue weighted by Crippen LogP contribution is -2.14. The summed E-state index contributed by atoms with van der Waals surface area (Å²) in [6, 6.07) is 74.3. The van der Waals surface area contributed by atoms with Crippen molar-refractivity contribution in [3.8, 4) is 78.4 Å². The summed E-state index contributed by atoms with van der Waals surface area (Å²) >= 11 is 0. The third-order valence-electron chi connectivity index (χ3n) is 12.3. The Balaban J connectivity index is 0.990. The Kier molecular flexibility index (Phi) is 8.20. The molecule has 0 aliphatic heterocycles. The Labute approximate surface area is 345 Å². The first-order valence-corrected chi connectivity index (χ1v) is 20.4. The summed E-state index contributed by atoms with van der Waals surface area (Å²) < 4.78 is 0. The maximum atomic E-state index is 5.25. The van der Waals surface area contributed by atoms with Crippen LogP contribution in [0.4, 0.5) is 0 Å². The lowest BCUT2D eigenvalue weighted by molar-refractivity contribution is 0.661. The van der Waals surface area contributed by atoms with Crippen LogP contribution in [-0.2, 0) is 5.41 Å². The number of aromatic nitrogens is 2. The van der Waals surface area contributed by atoms with Gasteiger partial charge in [-0.15, -0.1) is 0 Å². The molecule has 59 heavy (non-hydrogen) atoms. The average molecular weight is 753 g/mol. The molecule has 0 saturated heterocycles. The Morgan fingerprint density at radius 3 is 1.54 bits per heavy atom. The van der Waals surface area contributed by atoms with E-state index in [-0.39, 0.29) is 5.41 Å². The summed E-state index contributed by atoms with van der Waals surface area (Å²) in [7, 11) is 0. The molecule has 278 valence electrons. The fourth-order valence-electron chi connectivity index (χ4n) is 9.25. The van der Waals surface area contributed by atoms with Crippen molar-refractivity contribution in [2.45, 2.75) is 19.3 Å². The molecule has 2 nitrogen and oxygen atoms in total. The second-order valence-electron chi connectivity index (χ2n) is 16.2. The Bertz CT molecular complexity index is 3220. The number of nitrogens with zero attached hydrogens (tertiary/aromatic N) is 2. The normalized spacial score (nSPS) is 12.7. The molecule has 0 saturated carbocycles. The highest BCUT2D eigenvalue weighted by molar-refractivity contribution is 6.05. The molecule has 0 atom stereocenters. The van der Waals surface area contributed by atoms with Crippen molar-refractivity contribution in [3.63, 3.8) is 0 Å². The summed E-state index contributed by atoms with van der Waals surface area (Å²) in [4.78, 5) is 10.5. The van der Waals surface area contributed by atoms with Gasteiger partial charge in [-0.05, 0) is 101 Å². The summed E-state index contributed by atoms with van der Waals surface area (Å²) in [5.74, 6) is 0.705. The van der Waals surface area contributed by atoms with Gasteiger partial charge in [0.2, 0.25) is 0 Å². The molecule has 0 fully saturated rings. The van der Waals surface area contributed by atoms with Gasteiger partial charge in [0.05, 0.1) is 11.4 Å². The molecule has 1 heterocycles.